The van der Waals surface area contributed by atoms with Crippen molar-refractivity contribution < 1.29 is 9.90 Å². The van der Waals surface area contributed by atoms with Crippen LogP contribution in [-0.2, 0) is 4.79 Å². The van der Waals surface area contributed by atoms with Crippen molar-refractivity contribution in [3.8, 4) is 0 Å². The number of hydrogen-bond donors (Lipinski definition) is 1. The Hall–Kier alpha value is -1.42. The molecule has 18 heavy (non-hydrogen) atoms. The Bertz CT molecular complexity index is 416. The minimum absolute atomic E-state index is 0.0620. The number of pyridine rings is 1. The average Bonchev–Trinajstić information content (AvgIpc) is 2.39. The number of carboxylic acid groups (broad SMARTS) is 1. The van der Waals surface area contributed by atoms with Crippen molar-refractivity contribution in [3.63, 3.8) is 0 Å². The maximum atomic E-state index is 11.3. The van der Waals surface area contributed by atoms with Gasteiger partial charge in [0, 0.05) is 6.20 Å². The first-order valence-electron chi connectivity index (χ1n) is 6.50. The lowest BCUT2D eigenvalue weighted by atomic mass is 9.99. The number of hydrogen-bond acceptors (Lipinski definition) is 3. The highest BCUT2D eigenvalue weighted by molar-refractivity contribution is 5.73. The van der Waals surface area contributed by atoms with Gasteiger partial charge in [-0.15, -0.1) is 0 Å². The number of aliphatic carboxylic acids is 1. The fraction of sp³-hybridized carbons (Fsp3) is 0.571. The van der Waals surface area contributed by atoms with Crippen molar-refractivity contribution in [2.75, 3.05) is 6.54 Å². The number of likely N-dealkylation sites (tertiary alicyclic amines) is 1. The Morgan fingerprint density at radius 2 is 2.28 bits per heavy atom. The summed E-state index contributed by atoms with van der Waals surface area (Å²) in [5, 5.41) is 9.29. The van der Waals surface area contributed by atoms with Gasteiger partial charge in [-0.3, -0.25) is 14.7 Å². The van der Waals surface area contributed by atoms with Crippen LogP contribution in [0.4, 0.5) is 0 Å². The average molecular weight is 248 g/mol. The summed E-state index contributed by atoms with van der Waals surface area (Å²) in [4.78, 5) is 17.8. The highest BCUT2D eigenvalue weighted by Gasteiger charge is 2.32. The highest BCUT2D eigenvalue weighted by Crippen LogP contribution is 2.27. The van der Waals surface area contributed by atoms with E-state index in [1.807, 2.05) is 32.2 Å². The number of carbonyl (C=O) groups is 1. The summed E-state index contributed by atoms with van der Waals surface area (Å²) in [7, 11) is 0. The molecule has 1 fully saturated rings. The van der Waals surface area contributed by atoms with Crippen molar-refractivity contribution in [1.29, 1.82) is 0 Å². The van der Waals surface area contributed by atoms with E-state index >= 15 is 0 Å². The molecule has 1 aromatic rings. The predicted molar refractivity (Wildman–Crippen MR) is 69.4 cm³/mol. The SMILES string of the molecule is Cc1ccc(C(C)N2CCCCC2C(=O)O)nc1. The van der Waals surface area contributed by atoms with Crippen LogP contribution in [0, 0.1) is 6.92 Å². The Morgan fingerprint density at radius 1 is 1.50 bits per heavy atom. The number of aryl methyl sites for hydroxylation is 1. The van der Waals surface area contributed by atoms with Crippen molar-refractivity contribution in [3.05, 3.63) is 29.6 Å². The second-order valence-electron chi connectivity index (χ2n) is 5.02. The summed E-state index contributed by atoms with van der Waals surface area (Å²) in [6, 6.07) is 3.72. The Morgan fingerprint density at radius 3 is 2.89 bits per heavy atom. The molecule has 0 amide bonds. The summed E-state index contributed by atoms with van der Waals surface area (Å²) in [6.07, 6.45) is 4.65. The van der Waals surface area contributed by atoms with Gasteiger partial charge in [0.15, 0.2) is 0 Å². The van der Waals surface area contributed by atoms with Gasteiger partial charge in [-0.1, -0.05) is 12.5 Å². The molecule has 4 nitrogen and oxygen atoms in total. The number of aromatic nitrogens is 1. The molecule has 2 atom stereocenters. The Labute approximate surface area is 108 Å². The molecule has 1 aliphatic heterocycles. The third-order valence-electron chi connectivity index (χ3n) is 3.69. The van der Waals surface area contributed by atoms with Gasteiger partial charge in [-0.2, -0.15) is 0 Å². The lowest BCUT2D eigenvalue weighted by molar-refractivity contribution is -0.145. The van der Waals surface area contributed by atoms with Crippen LogP contribution in [0.1, 0.15) is 43.5 Å². The van der Waals surface area contributed by atoms with Gasteiger partial charge < -0.3 is 5.11 Å². The van der Waals surface area contributed by atoms with Crippen LogP contribution in [0.15, 0.2) is 18.3 Å². The van der Waals surface area contributed by atoms with E-state index in [9.17, 15) is 9.90 Å². The first-order valence-corrected chi connectivity index (χ1v) is 6.50. The van der Waals surface area contributed by atoms with Crippen molar-refractivity contribution >= 4 is 5.97 Å². The molecule has 0 spiro atoms. The summed E-state index contributed by atoms with van der Waals surface area (Å²) in [5.74, 6) is -0.714. The van der Waals surface area contributed by atoms with Crippen LogP contribution in [0.5, 0.6) is 0 Å². The number of carboxylic acids is 1. The third-order valence-corrected chi connectivity index (χ3v) is 3.69. The number of nitrogens with zero attached hydrogens (tertiary/aromatic N) is 2. The van der Waals surface area contributed by atoms with Crippen LogP contribution in [-0.4, -0.2) is 33.5 Å². The number of piperidine rings is 1. The quantitative estimate of drug-likeness (QED) is 0.892. The van der Waals surface area contributed by atoms with Crippen molar-refractivity contribution in [2.45, 2.75) is 45.2 Å². The smallest absolute Gasteiger partial charge is 0.320 e. The minimum atomic E-state index is -0.714. The molecule has 1 aliphatic rings. The molecule has 0 aromatic carbocycles. The predicted octanol–water partition coefficient (Wildman–Crippen LogP) is 2.39. The lowest BCUT2D eigenvalue weighted by Gasteiger charge is -2.37. The van der Waals surface area contributed by atoms with Crippen molar-refractivity contribution in [2.24, 2.45) is 0 Å². The standard InChI is InChI=1S/C14H20N2O2/c1-10-6-7-12(15-9-10)11(2)16-8-4-3-5-13(16)14(17)18/h6-7,9,11,13H,3-5,8H2,1-2H3,(H,17,18). The van der Waals surface area contributed by atoms with Crippen LogP contribution < -0.4 is 0 Å². The largest absolute Gasteiger partial charge is 0.480 e. The van der Waals surface area contributed by atoms with E-state index in [4.69, 9.17) is 0 Å². The van der Waals surface area contributed by atoms with E-state index in [1.165, 1.54) is 0 Å². The molecular formula is C14H20N2O2. The molecule has 1 N–H and O–H groups in total. The fourth-order valence-corrected chi connectivity index (χ4v) is 2.58. The first-order chi connectivity index (χ1) is 8.59. The maximum absolute atomic E-state index is 11.3. The van der Waals surface area contributed by atoms with E-state index < -0.39 is 5.97 Å². The summed E-state index contributed by atoms with van der Waals surface area (Å²) >= 11 is 0. The van der Waals surface area contributed by atoms with Crippen LogP contribution >= 0.6 is 0 Å². The fourth-order valence-electron chi connectivity index (χ4n) is 2.58. The van der Waals surface area contributed by atoms with Gasteiger partial charge in [0.05, 0.1) is 11.7 Å². The van der Waals surface area contributed by atoms with Gasteiger partial charge >= 0.3 is 5.97 Å². The van der Waals surface area contributed by atoms with Gasteiger partial charge in [-0.25, -0.2) is 0 Å². The van der Waals surface area contributed by atoms with Crippen molar-refractivity contribution in [1.82, 2.24) is 9.88 Å². The lowest BCUT2D eigenvalue weighted by Crippen LogP contribution is -2.45. The summed E-state index contributed by atoms with van der Waals surface area (Å²) in [6.45, 7) is 4.88. The topological polar surface area (TPSA) is 53.4 Å². The highest BCUT2D eigenvalue weighted by atomic mass is 16.4. The van der Waals surface area contributed by atoms with Crippen LogP contribution in [0.25, 0.3) is 0 Å². The molecule has 1 aromatic heterocycles. The third kappa shape index (κ3) is 2.70. The van der Waals surface area contributed by atoms with Gasteiger partial charge in [0.1, 0.15) is 6.04 Å². The zero-order valence-corrected chi connectivity index (χ0v) is 11.0. The molecule has 0 radical (unpaired) electrons. The zero-order chi connectivity index (χ0) is 13.1. The maximum Gasteiger partial charge on any atom is 0.320 e. The normalized spacial score (nSPS) is 22.7. The second kappa shape index (κ2) is 5.48. The minimum Gasteiger partial charge on any atom is -0.480 e. The number of rotatable bonds is 3. The van der Waals surface area contributed by atoms with Gasteiger partial charge in [0.25, 0.3) is 0 Å². The second-order valence-corrected chi connectivity index (χ2v) is 5.02. The van der Waals surface area contributed by atoms with Gasteiger partial charge in [0.2, 0.25) is 0 Å². The van der Waals surface area contributed by atoms with Gasteiger partial charge in [-0.05, 0) is 44.9 Å². The summed E-state index contributed by atoms with van der Waals surface area (Å²) in [5.41, 5.74) is 2.08. The molecule has 2 rings (SSSR count). The molecule has 0 bridgehead atoms. The first kappa shape index (κ1) is 13.0. The summed E-state index contributed by atoms with van der Waals surface area (Å²) < 4.78 is 0. The monoisotopic (exact) mass is 248 g/mol. The molecule has 1 saturated heterocycles. The van der Waals surface area contributed by atoms with E-state index in [0.717, 1.165) is 37.1 Å². The van der Waals surface area contributed by atoms with E-state index in [-0.39, 0.29) is 12.1 Å². The Balaban J connectivity index is 2.17. The zero-order valence-electron chi connectivity index (χ0n) is 11.0. The molecule has 4 heteroatoms. The molecule has 98 valence electrons. The van der Waals surface area contributed by atoms with E-state index in [0.29, 0.717) is 0 Å². The molecular weight excluding hydrogens is 228 g/mol. The van der Waals surface area contributed by atoms with E-state index in [2.05, 4.69) is 9.88 Å². The molecule has 0 saturated carbocycles. The molecule has 0 aliphatic carbocycles. The molecule has 2 heterocycles. The molecule has 2 unspecified atom stereocenters. The van der Waals surface area contributed by atoms with Crippen LogP contribution in [0.2, 0.25) is 0 Å². The van der Waals surface area contributed by atoms with Crippen LogP contribution in [0.3, 0.4) is 0 Å². The van der Waals surface area contributed by atoms with E-state index in [1.54, 1.807) is 0 Å². The Kier molecular flexibility index (Phi) is 3.97.